The lowest BCUT2D eigenvalue weighted by atomic mass is 9.80. The zero-order valence-corrected chi connectivity index (χ0v) is 27.9. The molecule has 0 amide bonds. The number of para-hydroxylation sites is 1. The lowest BCUT2D eigenvalue weighted by Crippen LogP contribution is -2.15. The molecule has 0 bridgehead atoms. The van der Waals surface area contributed by atoms with Crippen LogP contribution >= 0.6 is 0 Å². The molecule has 0 fully saturated rings. The van der Waals surface area contributed by atoms with E-state index in [1.54, 1.807) is 0 Å². The molecule has 0 atom stereocenters. The van der Waals surface area contributed by atoms with Gasteiger partial charge in [0.05, 0.1) is 0 Å². The van der Waals surface area contributed by atoms with Gasteiger partial charge in [0.1, 0.15) is 11.2 Å². The Labute approximate surface area is 290 Å². The van der Waals surface area contributed by atoms with Crippen LogP contribution in [0.15, 0.2) is 162 Å². The second-order valence-electron chi connectivity index (χ2n) is 14.5. The van der Waals surface area contributed by atoms with Crippen LogP contribution in [0.1, 0.15) is 25.0 Å². The molecule has 1 nitrogen and oxygen atoms in total. The molecular formula is C49H32O. The highest BCUT2D eigenvalue weighted by atomic mass is 16.3. The van der Waals surface area contributed by atoms with Crippen molar-refractivity contribution in [3.63, 3.8) is 0 Å². The first kappa shape index (κ1) is 27.7. The topological polar surface area (TPSA) is 13.1 Å². The van der Waals surface area contributed by atoms with Crippen molar-refractivity contribution < 1.29 is 4.42 Å². The van der Waals surface area contributed by atoms with E-state index in [2.05, 4.69) is 159 Å². The minimum absolute atomic E-state index is 0.169. The third-order valence-corrected chi connectivity index (χ3v) is 11.4. The van der Waals surface area contributed by atoms with Gasteiger partial charge in [0.15, 0.2) is 0 Å². The molecule has 0 saturated carbocycles. The van der Waals surface area contributed by atoms with Gasteiger partial charge in [-0.25, -0.2) is 0 Å². The summed E-state index contributed by atoms with van der Waals surface area (Å²) in [6.07, 6.45) is 0. The van der Waals surface area contributed by atoms with Crippen LogP contribution in [0, 0.1) is 0 Å². The zero-order valence-electron chi connectivity index (χ0n) is 27.9. The number of hydrogen-bond acceptors (Lipinski definition) is 1. The molecule has 1 heteroatoms. The molecule has 0 radical (unpaired) electrons. The van der Waals surface area contributed by atoms with Crippen LogP contribution in [0.3, 0.4) is 0 Å². The average molecular weight is 637 g/mol. The molecule has 0 N–H and O–H groups in total. The van der Waals surface area contributed by atoms with E-state index < -0.39 is 0 Å². The predicted molar refractivity (Wildman–Crippen MR) is 212 cm³/mol. The predicted octanol–water partition coefficient (Wildman–Crippen LogP) is 13.8. The second-order valence-corrected chi connectivity index (χ2v) is 14.5. The number of hydrogen-bond donors (Lipinski definition) is 0. The van der Waals surface area contributed by atoms with Crippen LogP contribution in [0.2, 0.25) is 0 Å². The van der Waals surface area contributed by atoms with E-state index in [0.29, 0.717) is 0 Å². The summed E-state index contributed by atoms with van der Waals surface area (Å²) in [5, 5.41) is 12.6. The first-order valence-electron chi connectivity index (χ1n) is 17.5. The molecule has 0 aliphatic heterocycles. The molecular weight excluding hydrogens is 605 g/mol. The van der Waals surface area contributed by atoms with Gasteiger partial charge in [-0.05, 0) is 130 Å². The number of rotatable bonds is 2. The van der Waals surface area contributed by atoms with Gasteiger partial charge in [-0.1, -0.05) is 129 Å². The van der Waals surface area contributed by atoms with Crippen molar-refractivity contribution in [2.45, 2.75) is 19.3 Å². The Bertz CT molecular complexity index is 3060. The Kier molecular flexibility index (Phi) is 5.51. The maximum Gasteiger partial charge on any atom is 0.136 e. The number of fused-ring (bicyclic) bond motifs is 11. The Morgan fingerprint density at radius 1 is 0.360 bits per heavy atom. The summed E-state index contributed by atoms with van der Waals surface area (Å²) >= 11 is 0. The van der Waals surface area contributed by atoms with E-state index in [1.807, 2.05) is 12.1 Å². The lowest BCUT2D eigenvalue weighted by Gasteiger charge is -2.23. The normalized spacial score (nSPS) is 13.6. The van der Waals surface area contributed by atoms with Gasteiger partial charge in [0, 0.05) is 16.2 Å². The minimum atomic E-state index is -0.169. The summed E-state index contributed by atoms with van der Waals surface area (Å²) in [5.74, 6) is 0. The van der Waals surface area contributed by atoms with E-state index in [4.69, 9.17) is 4.42 Å². The van der Waals surface area contributed by atoms with Crippen molar-refractivity contribution in [1.82, 2.24) is 0 Å². The Hall–Kier alpha value is -6.18. The highest BCUT2D eigenvalue weighted by Gasteiger charge is 2.36. The molecule has 0 saturated heterocycles. The van der Waals surface area contributed by atoms with Crippen LogP contribution in [0.25, 0.3) is 98.4 Å². The van der Waals surface area contributed by atoms with Crippen molar-refractivity contribution in [3.05, 3.63) is 169 Å². The summed E-state index contributed by atoms with van der Waals surface area (Å²) in [7, 11) is 0. The fourth-order valence-corrected chi connectivity index (χ4v) is 8.94. The summed E-state index contributed by atoms with van der Waals surface area (Å²) in [6.45, 7) is 4.79. The monoisotopic (exact) mass is 636 g/mol. The molecule has 1 aliphatic carbocycles. The van der Waals surface area contributed by atoms with Crippen molar-refractivity contribution in [2.24, 2.45) is 0 Å². The first-order valence-corrected chi connectivity index (χ1v) is 17.5. The Morgan fingerprint density at radius 3 is 1.94 bits per heavy atom. The first-order chi connectivity index (χ1) is 24.5. The van der Waals surface area contributed by atoms with E-state index in [0.717, 1.165) is 21.9 Å². The highest BCUT2D eigenvalue weighted by Crippen LogP contribution is 2.52. The standard InChI is InChI=1S/C49H32O/c1-49(2)44-26-33(48-36-14-6-4-11-30(36)24-42-34-13-5-3-10-29(34)18-23-40(42)48)20-21-37(44)43-25-31-12-9-16-35(41(31)28-45(43)49)32-19-22-39-38-15-7-8-17-46(38)50-47(39)27-32/h3-28H,1-2H3. The highest BCUT2D eigenvalue weighted by molar-refractivity contribution is 6.20. The van der Waals surface area contributed by atoms with Crippen LogP contribution < -0.4 is 0 Å². The molecule has 11 rings (SSSR count). The second kappa shape index (κ2) is 9.94. The van der Waals surface area contributed by atoms with Gasteiger partial charge in [0.25, 0.3) is 0 Å². The quantitative estimate of drug-likeness (QED) is 0.136. The van der Waals surface area contributed by atoms with Gasteiger partial charge in [-0.3, -0.25) is 0 Å². The van der Waals surface area contributed by atoms with Crippen LogP contribution in [-0.2, 0) is 5.41 Å². The maximum atomic E-state index is 6.30. The number of benzene rings is 9. The SMILES string of the molecule is CC1(C)c2cc(-c3c4ccccc4cc4c3ccc3ccccc34)ccc2-c2cc3cccc(-c4ccc5c(c4)oc4ccccc45)c3cc21. The molecule has 10 aromatic rings. The fraction of sp³-hybridized carbons (Fsp3) is 0.0612. The minimum Gasteiger partial charge on any atom is -0.456 e. The fourth-order valence-electron chi connectivity index (χ4n) is 8.94. The van der Waals surface area contributed by atoms with Crippen molar-refractivity contribution in [3.8, 4) is 33.4 Å². The lowest BCUT2D eigenvalue weighted by molar-refractivity contribution is 0.661. The Balaban J connectivity index is 1.10. The molecule has 234 valence electrons. The van der Waals surface area contributed by atoms with E-state index in [-0.39, 0.29) is 5.41 Å². The maximum absolute atomic E-state index is 6.30. The van der Waals surface area contributed by atoms with E-state index in [9.17, 15) is 0 Å². The van der Waals surface area contributed by atoms with Crippen LogP contribution in [0.4, 0.5) is 0 Å². The molecule has 9 aromatic carbocycles. The van der Waals surface area contributed by atoms with Crippen molar-refractivity contribution >= 4 is 65.0 Å². The smallest absolute Gasteiger partial charge is 0.136 e. The van der Waals surface area contributed by atoms with Crippen molar-refractivity contribution in [2.75, 3.05) is 0 Å². The summed E-state index contributed by atoms with van der Waals surface area (Å²) in [4.78, 5) is 0. The molecule has 50 heavy (non-hydrogen) atoms. The average Bonchev–Trinajstić information content (AvgIpc) is 3.63. The molecule has 0 spiro atoms. The molecule has 0 unspecified atom stereocenters. The zero-order chi connectivity index (χ0) is 33.1. The van der Waals surface area contributed by atoms with Crippen molar-refractivity contribution in [1.29, 1.82) is 0 Å². The summed E-state index contributed by atoms with van der Waals surface area (Å²) in [6, 6.07) is 58.3. The largest absolute Gasteiger partial charge is 0.456 e. The molecule has 1 heterocycles. The van der Waals surface area contributed by atoms with Crippen LogP contribution in [0.5, 0.6) is 0 Å². The van der Waals surface area contributed by atoms with Crippen LogP contribution in [-0.4, -0.2) is 0 Å². The van der Waals surface area contributed by atoms with Gasteiger partial charge in [-0.2, -0.15) is 0 Å². The molecule has 1 aliphatic rings. The van der Waals surface area contributed by atoms with E-state index >= 15 is 0 Å². The van der Waals surface area contributed by atoms with Gasteiger partial charge in [0.2, 0.25) is 0 Å². The van der Waals surface area contributed by atoms with Gasteiger partial charge in [-0.15, -0.1) is 0 Å². The van der Waals surface area contributed by atoms with E-state index in [1.165, 1.54) is 87.6 Å². The Morgan fingerprint density at radius 2 is 1.04 bits per heavy atom. The summed E-state index contributed by atoms with van der Waals surface area (Å²) in [5.41, 5.74) is 12.1. The van der Waals surface area contributed by atoms with Gasteiger partial charge < -0.3 is 4.42 Å². The van der Waals surface area contributed by atoms with Gasteiger partial charge >= 0.3 is 0 Å². The molecule has 1 aromatic heterocycles. The summed E-state index contributed by atoms with van der Waals surface area (Å²) < 4.78 is 6.30. The third-order valence-electron chi connectivity index (χ3n) is 11.4. The number of furan rings is 1. The third kappa shape index (κ3) is 3.78.